The summed E-state index contributed by atoms with van der Waals surface area (Å²) in [5.74, 6) is 0.696. The summed E-state index contributed by atoms with van der Waals surface area (Å²) in [6.45, 7) is 5.97. The number of fused-ring (bicyclic) bond motifs is 1. The first-order valence-electron chi connectivity index (χ1n) is 5.23. The third-order valence-electron chi connectivity index (χ3n) is 3.60. The first kappa shape index (κ1) is 9.93. The molecular weight excluding hydrogens is 180 g/mol. The number of likely N-dealkylation sites (tertiary alicyclic amines) is 2. The predicted octanol–water partition coefficient (Wildman–Crippen LogP) is -0.0471. The molecule has 0 aliphatic carbocycles. The van der Waals surface area contributed by atoms with Gasteiger partial charge < -0.3 is 10.0 Å². The summed E-state index contributed by atoms with van der Waals surface area (Å²) < 4.78 is 0. The zero-order chi connectivity index (χ0) is 10.3. The van der Waals surface area contributed by atoms with Crippen LogP contribution in [-0.2, 0) is 4.79 Å². The Labute approximate surface area is 84.5 Å². The van der Waals surface area contributed by atoms with Crippen molar-refractivity contribution in [2.24, 2.45) is 11.8 Å². The van der Waals surface area contributed by atoms with E-state index in [0.29, 0.717) is 11.8 Å². The Kier molecular flexibility index (Phi) is 2.49. The zero-order valence-corrected chi connectivity index (χ0v) is 8.81. The predicted molar refractivity (Wildman–Crippen MR) is 53.1 cm³/mol. The molecule has 2 aliphatic rings. The Morgan fingerprint density at radius 2 is 1.79 bits per heavy atom. The number of hydrogen-bond acceptors (Lipinski definition) is 3. The number of rotatable bonds is 2. The summed E-state index contributed by atoms with van der Waals surface area (Å²) in [4.78, 5) is 15.3. The van der Waals surface area contributed by atoms with Crippen molar-refractivity contribution in [3.05, 3.63) is 0 Å². The third-order valence-corrected chi connectivity index (χ3v) is 3.60. The lowest BCUT2D eigenvalue weighted by atomic mass is 10.0. The van der Waals surface area contributed by atoms with E-state index in [1.807, 2.05) is 0 Å². The van der Waals surface area contributed by atoms with Crippen LogP contribution in [0.3, 0.4) is 0 Å². The highest BCUT2D eigenvalue weighted by atomic mass is 16.4. The fourth-order valence-corrected chi connectivity index (χ4v) is 2.74. The first-order valence-corrected chi connectivity index (χ1v) is 5.23. The smallest absolute Gasteiger partial charge is 0.320 e. The van der Waals surface area contributed by atoms with E-state index in [9.17, 15) is 4.79 Å². The van der Waals surface area contributed by atoms with Gasteiger partial charge in [0.2, 0.25) is 0 Å². The topological polar surface area (TPSA) is 43.8 Å². The Bertz CT molecular complexity index is 230. The van der Waals surface area contributed by atoms with Crippen LogP contribution in [0.5, 0.6) is 0 Å². The van der Waals surface area contributed by atoms with E-state index in [-0.39, 0.29) is 6.04 Å². The minimum absolute atomic E-state index is 0.314. The average Bonchev–Trinajstić information content (AvgIpc) is 2.59. The molecule has 3 unspecified atom stereocenters. The standard InChI is InChI=1S/C10H18N2O2/c1-7(10(13)14)12-5-8-3-11(2)4-9(8)6-12/h7-9H,3-6H2,1-2H3,(H,13,14). The molecule has 0 spiro atoms. The molecule has 0 saturated carbocycles. The minimum Gasteiger partial charge on any atom is -0.480 e. The van der Waals surface area contributed by atoms with E-state index in [1.54, 1.807) is 6.92 Å². The SMILES string of the molecule is CC(C(=O)O)N1CC2CN(C)CC2C1. The summed E-state index contributed by atoms with van der Waals surface area (Å²) in [6, 6.07) is -0.314. The molecule has 0 aromatic rings. The van der Waals surface area contributed by atoms with Crippen LogP contribution in [0.1, 0.15) is 6.92 Å². The van der Waals surface area contributed by atoms with Gasteiger partial charge in [0.25, 0.3) is 0 Å². The second-order valence-electron chi connectivity index (χ2n) is 4.71. The molecule has 0 aromatic carbocycles. The van der Waals surface area contributed by atoms with Crippen LogP contribution in [0, 0.1) is 11.8 Å². The summed E-state index contributed by atoms with van der Waals surface area (Å²) in [7, 11) is 2.14. The Morgan fingerprint density at radius 3 is 2.21 bits per heavy atom. The minimum atomic E-state index is -0.696. The van der Waals surface area contributed by atoms with Gasteiger partial charge in [-0.05, 0) is 25.8 Å². The maximum absolute atomic E-state index is 10.8. The van der Waals surface area contributed by atoms with Crippen LogP contribution >= 0.6 is 0 Å². The van der Waals surface area contributed by atoms with Crippen molar-refractivity contribution < 1.29 is 9.90 Å². The molecule has 14 heavy (non-hydrogen) atoms. The maximum Gasteiger partial charge on any atom is 0.320 e. The molecule has 4 heteroatoms. The van der Waals surface area contributed by atoms with Crippen molar-refractivity contribution in [3.8, 4) is 0 Å². The largest absolute Gasteiger partial charge is 0.480 e. The molecule has 2 saturated heterocycles. The molecule has 0 aromatic heterocycles. The number of carboxylic acid groups (broad SMARTS) is 1. The normalized spacial score (nSPS) is 35.9. The van der Waals surface area contributed by atoms with Crippen LogP contribution < -0.4 is 0 Å². The molecule has 2 aliphatic heterocycles. The molecule has 1 N–H and O–H groups in total. The van der Waals surface area contributed by atoms with Crippen molar-refractivity contribution in [1.82, 2.24) is 9.80 Å². The van der Waals surface area contributed by atoms with Gasteiger partial charge in [0.15, 0.2) is 0 Å². The highest BCUT2D eigenvalue weighted by molar-refractivity contribution is 5.72. The second-order valence-corrected chi connectivity index (χ2v) is 4.71. The van der Waals surface area contributed by atoms with Crippen LogP contribution in [-0.4, -0.2) is 60.1 Å². The Morgan fingerprint density at radius 1 is 1.29 bits per heavy atom. The van der Waals surface area contributed by atoms with E-state index in [4.69, 9.17) is 5.11 Å². The van der Waals surface area contributed by atoms with Crippen LogP contribution in [0.15, 0.2) is 0 Å². The van der Waals surface area contributed by atoms with Gasteiger partial charge in [-0.15, -0.1) is 0 Å². The van der Waals surface area contributed by atoms with Gasteiger partial charge in [0.1, 0.15) is 6.04 Å². The highest BCUT2D eigenvalue weighted by Gasteiger charge is 2.41. The lowest BCUT2D eigenvalue weighted by Gasteiger charge is -2.22. The first-order chi connectivity index (χ1) is 6.58. The lowest BCUT2D eigenvalue weighted by molar-refractivity contribution is -0.142. The number of hydrogen-bond donors (Lipinski definition) is 1. The fraction of sp³-hybridized carbons (Fsp3) is 0.900. The summed E-state index contributed by atoms with van der Waals surface area (Å²) >= 11 is 0. The molecule has 0 amide bonds. The van der Waals surface area contributed by atoms with Gasteiger partial charge in [-0.1, -0.05) is 0 Å². The van der Waals surface area contributed by atoms with E-state index in [2.05, 4.69) is 16.8 Å². The Balaban J connectivity index is 1.94. The van der Waals surface area contributed by atoms with Crippen molar-refractivity contribution in [2.75, 3.05) is 33.2 Å². The summed E-state index contributed by atoms with van der Waals surface area (Å²) in [5, 5.41) is 8.91. The highest BCUT2D eigenvalue weighted by Crippen LogP contribution is 2.31. The van der Waals surface area contributed by atoms with Crippen molar-refractivity contribution in [2.45, 2.75) is 13.0 Å². The van der Waals surface area contributed by atoms with E-state index >= 15 is 0 Å². The lowest BCUT2D eigenvalue weighted by Crippen LogP contribution is -2.39. The van der Waals surface area contributed by atoms with Crippen LogP contribution in [0.4, 0.5) is 0 Å². The molecule has 2 heterocycles. The zero-order valence-electron chi connectivity index (χ0n) is 8.81. The quantitative estimate of drug-likeness (QED) is 0.676. The van der Waals surface area contributed by atoms with E-state index in [0.717, 1.165) is 26.2 Å². The monoisotopic (exact) mass is 198 g/mol. The van der Waals surface area contributed by atoms with Gasteiger partial charge in [-0.2, -0.15) is 0 Å². The number of aliphatic carboxylic acids is 1. The van der Waals surface area contributed by atoms with Gasteiger partial charge in [0, 0.05) is 26.2 Å². The molecule has 4 nitrogen and oxygen atoms in total. The van der Waals surface area contributed by atoms with Crippen molar-refractivity contribution in [3.63, 3.8) is 0 Å². The second kappa shape index (κ2) is 3.51. The van der Waals surface area contributed by atoms with E-state index < -0.39 is 5.97 Å². The van der Waals surface area contributed by atoms with Gasteiger partial charge in [0.05, 0.1) is 0 Å². The molecular formula is C10H18N2O2. The maximum atomic E-state index is 10.8. The van der Waals surface area contributed by atoms with Crippen molar-refractivity contribution in [1.29, 1.82) is 0 Å². The Hall–Kier alpha value is -0.610. The third kappa shape index (κ3) is 1.64. The average molecular weight is 198 g/mol. The fourth-order valence-electron chi connectivity index (χ4n) is 2.74. The molecule has 2 rings (SSSR count). The number of nitrogens with zero attached hydrogens (tertiary/aromatic N) is 2. The summed E-state index contributed by atoms with van der Waals surface area (Å²) in [5.41, 5.74) is 0. The molecule has 80 valence electrons. The molecule has 3 atom stereocenters. The molecule has 2 fully saturated rings. The number of carbonyl (C=O) groups is 1. The molecule has 0 bridgehead atoms. The van der Waals surface area contributed by atoms with Gasteiger partial charge >= 0.3 is 5.97 Å². The number of carboxylic acids is 1. The van der Waals surface area contributed by atoms with E-state index in [1.165, 1.54) is 0 Å². The van der Waals surface area contributed by atoms with Crippen LogP contribution in [0.2, 0.25) is 0 Å². The van der Waals surface area contributed by atoms with Gasteiger partial charge in [-0.3, -0.25) is 9.69 Å². The van der Waals surface area contributed by atoms with Crippen LogP contribution in [0.25, 0.3) is 0 Å². The molecule has 0 radical (unpaired) electrons. The van der Waals surface area contributed by atoms with Crippen molar-refractivity contribution >= 4 is 5.97 Å². The summed E-state index contributed by atoms with van der Waals surface area (Å²) in [6.07, 6.45) is 0. The van der Waals surface area contributed by atoms with Gasteiger partial charge in [-0.25, -0.2) is 0 Å².